The van der Waals surface area contributed by atoms with Crippen LogP contribution in [-0.4, -0.2) is 44.2 Å². The van der Waals surface area contributed by atoms with Crippen LogP contribution in [0.15, 0.2) is 17.0 Å². The van der Waals surface area contributed by atoms with Crippen LogP contribution in [0.5, 0.6) is 5.75 Å². The van der Waals surface area contributed by atoms with Gasteiger partial charge in [0.2, 0.25) is 10.4 Å². The molecule has 0 saturated carbocycles. The largest absolute Gasteiger partial charge is 0.726 e. The molecule has 1 rings (SSSR count). The molecule has 0 aliphatic carbocycles. The minimum absolute atomic E-state index is 0.0914. The van der Waals surface area contributed by atoms with Gasteiger partial charge in [0.15, 0.2) is 4.90 Å². The molecule has 0 spiro atoms. The van der Waals surface area contributed by atoms with Gasteiger partial charge in [0, 0.05) is 29.1 Å². The highest BCUT2D eigenvalue weighted by atomic mass is 32.3. The van der Waals surface area contributed by atoms with Crippen molar-refractivity contribution in [2.75, 3.05) is 25.2 Å². The number of aryl methyl sites for hydroxylation is 2. The van der Waals surface area contributed by atoms with Gasteiger partial charge in [0.25, 0.3) is 0 Å². The minimum Gasteiger partial charge on any atom is -0.726 e. The highest BCUT2D eigenvalue weighted by Gasteiger charge is 2.19. The molecule has 1 N–H and O–H groups in total. The van der Waals surface area contributed by atoms with Crippen LogP contribution in [0.4, 0.5) is 4.79 Å². The first-order chi connectivity index (χ1) is 13.1. The van der Waals surface area contributed by atoms with Crippen LogP contribution in [0.3, 0.4) is 0 Å². The predicted molar refractivity (Wildman–Crippen MR) is 113 cm³/mol. The zero-order valence-electron chi connectivity index (χ0n) is 17.7. The number of carbonyl (C=O) groups is 1. The van der Waals surface area contributed by atoms with Gasteiger partial charge in [-0.2, -0.15) is 0 Å². The molecular weight excluding hydrogens is 402 g/mol. The summed E-state index contributed by atoms with van der Waals surface area (Å²) in [5.41, 5.74) is 2.22. The van der Waals surface area contributed by atoms with Gasteiger partial charge in [-0.25, -0.2) is 13.2 Å². The van der Waals surface area contributed by atoms with E-state index in [-0.39, 0.29) is 23.6 Å². The van der Waals surface area contributed by atoms with Crippen LogP contribution < -0.4 is 10.1 Å². The maximum absolute atomic E-state index is 11.8. The lowest BCUT2D eigenvalue weighted by atomic mass is 10.1. The maximum atomic E-state index is 11.8. The number of ether oxygens (including phenoxy) is 1. The van der Waals surface area contributed by atoms with E-state index in [0.29, 0.717) is 12.3 Å². The summed E-state index contributed by atoms with van der Waals surface area (Å²) in [6.45, 7) is 10.4. The topological polar surface area (TPSA) is 105 Å². The van der Waals surface area contributed by atoms with Crippen molar-refractivity contribution in [3.63, 3.8) is 0 Å². The number of hydrogen-bond donors (Lipinski definition) is 1. The van der Waals surface area contributed by atoms with E-state index in [9.17, 15) is 17.8 Å². The van der Waals surface area contributed by atoms with Gasteiger partial charge in [-0.1, -0.05) is 19.8 Å². The Morgan fingerprint density at radius 2 is 1.79 bits per heavy atom. The van der Waals surface area contributed by atoms with E-state index in [1.165, 1.54) is 17.4 Å². The molecule has 0 aliphatic heterocycles. The van der Waals surface area contributed by atoms with Gasteiger partial charge in [-0.15, -0.1) is 0 Å². The van der Waals surface area contributed by atoms with Gasteiger partial charge < -0.3 is 14.6 Å². The van der Waals surface area contributed by atoms with Crippen LogP contribution in [0, 0.1) is 13.8 Å². The minimum atomic E-state index is -4.42. The first kappa shape index (κ1) is 26.7. The van der Waals surface area contributed by atoms with Crippen molar-refractivity contribution in [3.8, 4) is 5.75 Å². The lowest BCUT2D eigenvalue weighted by molar-refractivity contribution is 0.200. The van der Waals surface area contributed by atoms with E-state index in [4.69, 9.17) is 4.74 Å². The van der Waals surface area contributed by atoms with Gasteiger partial charge in [-0.3, -0.25) is 4.18 Å². The van der Waals surface area contributed by atoms with E-state index in [0.717, 1.165) is 30.6 Å². The lowest BCUT2D eigenvalue weighted by Crippen LogP contribution is -2.28. The van der Waals surface area contributed by atoms with Gasteiger partial charge in [0.1, 0.15) is 17.8 Å². The third-order valence-electron chi connectivity index (χ3n) is 3.80. The van der Waals surface area contributed by atoms with Crippen molar-refractivity contribution in [2.24, 2.45) is 0 Å². The van der Waals surface area contributed by atoms with E-state index in [1.807, 2.05) is 13.0 Å². The predicted octanol–water partition coefficient (Wildman–Crippen LogP) is 3.69. The normalized spacial score (nSPS) is 12.0. The molecule has 0 aliphatic rings. The molecule has 0 heterocycles. The van der Waals surface area contributed by atoms with Crippen molar-refractivity contribution in [2.45, 2.75) is 58.8 Å². The zero-order chi connectivity index (χ0) is 21.7. The fraction of sp³-hybridized carbons (Fsp3) is 0.632. The molecule has 9 heteroatoms. The molecule has 1 unspecified atom stereocenters. The second kappa shape index (κ2) is 13.8. The summed E-state index contributed by atoms with van der Waals surface area (Å²) in [6, 6.07) is 4.14. The first-order valence-electron chi connectivity index (χ1n) is 9.35. The van der Waals surface area contributed by atoms with E-state index in [1.54, 1.807) is 0 Å². The molecule has 0 aromatic heterocycles. The third-order valence-corrected chi connectivity index (χ3v) is 6.38. The summed E-state index contributed by atoms with van der Waals surface area (Å²) in [5, 5.41) is 2.80. The summed E-state index contributed by atoms with van der Waals surface area (Å²) >= 11 is 0. The average molecular weight is 436 g/mol. The number of nitrogens with one attached hydrogen (secondary N) is 1. The Morgan fingerprint density at radius 3 is 2.25 bits per heavy atom. The fourth-order valence-corrected chi connectivity index (χ4v) is 3.84. The quantitative estimate of drug-likeness (QED) is 0.274. The molecule has 162 valence electrons. The molecular formula is C19H33NO6S2. The molecule has 1 aromatic carbocycles. The monoisotopic (exact) mass is 435 g/mol. The van der Waals surface area contributed by atoms with Crippen LogP contribution in [0.1, 0.15) is 51.2 Å². The van der Waals surface area contributed by atoms with E-state index >= 15 is 0 Å². The SMILES string of the molecule is CCCCCNC(=O)Oc1cc(C)c([S+](C)CC)cc1C.CCOS(=O)(=O)[O-]. The number of amides is 1. The van der Waals surface area contributed by atoms with Crippen molar-refractivity contribution in [1.82, 2.24) is 5.32 Å². The molecule has 0 saturated heterocycles. The highest BCUT2D eigenvalue weighted by Crippen LogP contribution is 2.26. The van der Waals surface area contributed by atoms with Gasteiger partial charge in [-0.05, 0) is 45.7 Å². The molecule has 7 nitrogen and oxygen atoms in total. The lowest BCUT2D eigenvalue weighted by Gasteiger charge is -2.11. The van der Waals surface area contributed by atoms with Gasteiger partial charge >= 0.3 is 6.09 Å². The molecule has 1 amide bonds. The van der Waals surface area contributed by atoms with Crippen molar-refractivity contribution in [3.05, 3.63) is 23.3 Å². The van der Waals surface area contributed by atoms with Crippen molar-refractivity contribution >= 4 is 27.4 Å². The standard InChI is InChI=1S/C17H27NO2S.C2H6O4S/c1-6-8-9-10-18-17(19)20-15-11-14(4)16(12-13(15)3)21(5)7-2;1-2-6-7(3,4)5/h11-12H,6-10H2,1-5H3;2H2,1H3,(H,3,4,5). The van der Waals surface area contributed by atoms with Crippen molar-refractivity contribution in [1.29, 1.82) is 0 Å². The van der Waals surface area contributed by atoms with Crippen LogP contribution >= 0.6 is 0 Å². The Balaban J connectivity index is 0.000000887. The molecule has 0 bridgehead atoms. The summed E-state index contributed by atoms with van der Waals surface area (Å²) in [5.74, 6) is 1.80. The Labute approximate surface area is 172 Å². The Bertz CT molecular complexity index is 707. The van der Waals surface area contributed by atoms with Crippen LogP contribution in [0.25, 0.3) is 0 Å². The fourth-order valence-electron chi connectivity index (χ4n) is 2.25. The zero-order valence-corrected chi connectivity index (χ0v) is 19.3. The van der Waals surface area contributed by atoms with E-state index < -0.39 is 10.4 Å². The number of unbranched alkanes of at least 4 members (excludes halogenated alkanes) is 2. The van der Waals surface area contributed by atoms with E-state index in [2.05, 4.69) is 42.6 Å². The smallest absolute Gasteiger partial charge is 0.412 e. The third kappa shape index (κ3) is 11.5. The van der Waals surface area contributed by atoms with Crippen LogP contribution in [0.2, 0.25) is 0 Å². The number of benzene rings is 1. The van der Waals surface area contributed by atoms with Crippen molar-refractivity contribution < 1.29 is 26.7 Å². The summed E-state index contributed by atoms with van der Waals surface area (Å²) < 4.78 is 37.4. The molecule has 0 radical (unpaired) electrons. The first-order valence-corrected chi connectivity index (χ1v) is 12.5. The average Bonchev–Trinajstić information content (AvgIpc) is 2.60. The van der Waals surface area contributed by atoms with Gasteiger partial charge in [0.05, 0.1) is 6.61 Å². The number of hydrogen-bond acceptors (Lipinski definition) is 6. The summed E-state index contributed by atoms with van der Waals surface area (Å²) in [7, 11) is -4.17. The number of carbonyl (C=O) groups excluding carboxylic acids is 1. The number of rotatable bonds is 9. The Morgan fingerprint density at radius 1 is 1.14 bits per heavy atom. The molecule has 0 fully saturated rings. The Kier molecular flexibility index (Phi) is 13.2. The maximum Gasteiger partial charge on any atom is 0.412 e. The molecule has 1 aromatic rings. The summed E-state index contributed by atoms with van der Waals surface area (Å²) in [4.78, 5) is 13.1. The Hall–Kier alpha value is -1.29. The molecule has 1 atom stereocenters. The second-order valence-corrected chi connectivity index (χ2v) is 9.49. The highest BCUT2D eigenvalue weighted by molar-refractivity contribution is 7.96. The second-order valence-electron chi connectivity index (χ2n) is 6.15. The van der Waals surface area contributed by atoms with Crippen LogP contribution in [-0.2, 0) is 25.5 Å². The summed E-state index contributed by atoms with van der Waals surface area (Å²) in [6.07, 6.45) is 5.17. The molecule has 28 heavy (non-hydrogen) atoms.